The highest BCUT2D eigenvalue weighted by Crippen LogP contribution is 2.22. The topological polar surface area (TPSA) is 79.9 Å². The predicted molar refractivity (Wildman–Crippen MR) is 98.6 cm³/mol. The molecule has 0 bridgehead atoms. The van der Waals surface area contributed by atoms with E-state index in [1.165, 1.54) is 0 Å². The fourth-order valence-electron chi connectivity index (χ4n) is 2.55. The second-order valence-corrected chi connectivity index (χ2v) is 5.78. The number of hydrogen-bond acceptors (Lipinski definition) is 3. The van der Waals surface area contributed by atoms with E-state index in [1.807, 2.05) is 54.6 Å². The molecule has 4 N–H and O–H groups in total. The van der Waals surface area contributed by atoms with Gasteiger partial charge in [0, 0.05) is 24.2 Å². The predicted octanol–water partition coefficient (Wildman–Crippen LogP) is 2.98. The van der Waals surface area contributed by atoms with Crippen molar-refractivity contribution in [2.24, 2.45) is 10.7 Å². The Morgan fingerprint density at radius 3 is 2.62 bits per heavy atom. The molecule has 0 aliphatic rings. The van der Waals surface area contributed by atoms with Gasteiger partial charge in [0.25, 0.3) is 0 Å². The van der Waals surface area contributed by atoms with Crippen molar-refractivity contribution in [3.8, 4) is 5.75 Å². The second-order valence-electron chi connectivity index (χ2n) is 5.78. The first kappa shape index (κ1) is 17.8. The first-order chi connectivity index (χ1) is 11.6. The minimum Gasteiger partial charge on any atom is -0.497 e. The first-order valence-electron chi connectivity index (χ1n) is 8.02. The normalized spacial score (nSPS) is 14.0. The van der Waals surface area contributed by atoms with Crippen molar-refractivity contribution in [1.29, 1.82) is 0 Å². The molecular formula is C19H25N3O2. The number of methoxy groups -OCH3 is 1. The highest BCUT2D eigenvalue weighted by Gasteiger charge is 2.14. The number of aliphatic hydroxyl groups is 1. The molecule has 5 heteroatoms. The highest BCUT2D eigenvalue weighted by atomic mass is 16.5. The van der Waals surface area contributed by atoms with Crippen molar-refractivity contribution in [3.05, 3.63) is 60.2 Å². The van der Waals surface area contributed by atoms with Crippen LogP contribution < -0.4 is 15.8 Å². The maximum absolute atomic E-state index is 9.73. The molecule has 0 spiro atoms. The molecule has 2 atom stereocenters. The van der Waals surface area contributed by atoms with Crippen LogP contribution in [-0.2, 0) is 0 Å². The minimum absolute atomic E-state index is 0.122. The van der Waals surface area contributed by atoms with Crippen LogP contribution >= 0.6 is 0 Å². The van der Waals surface area contributed by atoms with Crippen LogP contribution in [0.5, 0.6) is 5.75 Å². The fraction of sp³-hybridized carbons (Fsp3) is 0.316. The summed E-state index contributed by atoms with van der Waals surface area (Å²) in [5, 5.41) is 12.8. The molecule has 5 nitrogen and oxygen atoms in total. The van der Waals surface area contributed by atoms with Crippen molar-refractivity contribution in [1.82, 2.24) is 0 Å². The van der Waals surface area contributed by atoms with Crippen LogP contribution in [-0.4, -0.2) is 30.8 Å². The van der Waals surface area contributed by atoms with Gasteiger partial charge in [-0.15, -0.1) is 0 Å². The smallest absolute Gasteiger partial charge is 0.193 e. The average molecular weight is 327 g/mol. The van der Waals surface area contributed by atoms with Crippen LogP contribution in [0, 0.1) is 0 Å². The van der Waals surface area contributed by atoms with Crippen molar-refractivity contribution < 1.29 is 9.84 Å². The van der Waals surface area contributed by atoms with Crippen molar-refractivity contribution in [3.63, 3.8) is 0 Å². The van der Waals surface area contributed by atoms with Gasteiger partial charge in [-0.25, -0.2) is 0 Å². The highest BCUT2D eigenvalue weighted by molar-refractivity contribution is 5.92. The molecule has 2 aromatic carbocycles. The third-order valence-electron chi connectivity index (χ3n) is 3.72. The molecule has 2 rings (SSSR count). The van der Waals surface area contributed by atoms with Gasteiger partial charge in [0.05, 0.1) is 13.2 Å². The van der Waals surface area contributed by atoms with E-state index in [-0.39, 0.29) is 5.92 Å². The maximum Gasteiger partial charge on any atom is 0.193 e. The van der Waals surface area contributed by atoms with Gasteiger partial charge < -0.3 is 20.9 Å². The number of aliphatic hydroxyl groups excluding tert-OH is 1. The Hall–Kier alpha value is -2.53. The molecule has 0 amide bonds. The van der Waals surface area contributed by atoms with Crippen LogP contribution in [0.15, 0.2) is 59.6 Å². The van der Waals surface area contributed by atoms with Gasteiger partial charge in [0.1, 0.15) is 5.75 Å². The van der Waals surface area contributed by atoms with E-state index < -0.39 is 6.10 Å². The van der Waals surface area contributed by atoms with Crippen LogP contribution in [0.2, 0.25) is 0 Å². The third kappa shape index (κ3) is 5.59. The summed E-state index contributed by atoms with van der Waals surface area (Å²) in [4.78, 5) is 4.44. The Morgan fingerprint density at radius 1 is 1.21 bits per heavy atom. The Balaban J connectivity index is 2.04. The van der Waals surface area contributed by atoms with E-state index in [9.17, 15) is 5.11 Å². The van der Waals surface area contributed by atoms with Gasteiger partial charge in [-0.1, -0.05) is 36.4 Å². The quantitative estimate of drug-likeness (QED) is 0.539. The van der Waals surface area contributed by atoms with Crippen LogP contribution in [0.3, 0.4) is 0 Å². The first-order valence-corrected chi connectivity index (χ1v) is 8.02. The van der Waals surface area contributed by atoms with Gasteiger partial charge in [-0.2, -0.15) is 0 Å². The number of nitrogens with zero attached hydrogens (tertiary/aromatic N) is 1. The zero-order valence-corrected chi connectivity index (χ0v) is 14.1. The number of hydrogen-bond donors (Lipinski definition) is 3. The molecule has 0 fully saturated rings. The lowest BCUT2D eigenvalue weighted by molar-refractivity contribution is 0.175. The van der Waals surface area contributed by atoms with E-state index >= 15 is 0 Å². The zero-order valence-electron chi connectivity index (χ0n) is 14.1. The second kappa shape index (κ2) is 8.93. The number of guanidine groups is 1. The fourth-order valence-corrected chi connectivity index (χ4v) is 2.55. The summed E-state index contributed by atoms with van der Waals surface area (Å²) in [6.07, 6.45) is 0.248. The SMILES string of the molecule is COc1cccc(NC(N)=NCC(CC(C)O)c2ccccc2)c1. The standard InChI is InChI=1S/C19H25N3O2/c1-14(23)11-16(15-7-4-3-5-8-15)13-21-19(20)22-17-9-6-10-18(12-17)24-2/h3-10,12,14,16,23H,11,13H2,1-2H3,(H3,20,21,22). The summed E-state index contributed by atoms with van der Waals surface area (Å²) in [5.41, 5.74) is 7.96. The summed E-state index contributed by atoms with van der Waals surface area (Å²) in [6.45, 7) is 2.30. The number of benzene rings is 2. The molecule has 2 aromatic rings. The zero-order chi connectivity index (χ0) is 17.4. The van der Waals surface area contributed by atoms with E-state index in [4.69, 9.17) is 10.5 Å². The number of anilines is 1. The molecule has 2 unspecified atom stereocenters. The third-order valence-corrected chi connectivity index (χ3v) is 3.72. The van der Waals surface area contributed by atoms with Crippen molar-refractivity contribution >= 4 is 11.6 Å². The number of nitrogens with one attached hydrogen (secondary N) is 1. The van der Waals surface area contributed by atoms with Crippen molar-refractivity contribution in [2.75, 3.05) is 19.0 Å². The van der Waals surface area contributed by atoms with Crippen molar-refractivity contribution in [2.45, 2.75) is 25.4 Å². The number of aliphatic imine (C=N–C) groups is 1. The van der Waals surface area contributed by atoms with Gasteiger partial charge in [0.15, 0.2) is 5.96 Å². The summed E-state index contributed by atoms with van der Waals surface area (Å²) in [7, 11) is 1.62. The van der Waals surface area contributed by atoms with E-state index in [1.54, 1.807) is 14.0 Å². The molecule has 128 valence electrons. The summed E-state index contributed by atoms with van der Waals surface area (Å²) in [5.74, 6) is 1.22. The Bertz CT molecular complexity index is 657. The number of nitrogens with two attached hydrogens (primary N) is 1. The van der Waals surface area contributed by atoms with E-state index in [0.29, 0.717) is 18.9 Å². The largest absolute Gasteiger partial charge is 0.497 e. The van der Waals surface area contributed by atoms with E-state index in [2.05, 4.69) is 10.3 Å². The lowest BCUT2D eigenvalue weighted by Crippen LogP contribution is -2.24. The Labute approximate surface area is 143 Å². The molecule has 24 heavy (non-hydrogen) atoms. The molecule has 0 aliphatic carbocycles. The van der Waals surface area contributed by atoms with E-state index in [0.717, 1.165) is 17.0 Å². The molecule has 0 aromatic heterocycles. The van der Waals surface area contributed by atoms with Gasteiger partial charge >= 0.3 is 0 Å². The monoisotopic (exact) mass is 327 g/mol. The Morgan fingerprint density at radius 2 is 1.96 bits per heavy atom. The summed E-state index contributed by atoms with van der Waals surface area (Å²) < 4.78 is 5.19. The molecular weight excluding hydrogens is 302 g/mol. The molecule has 0 radical (unpaired) electrons. The number of rotatable bonds is 7. The molecule has 0 heterocycles. The van der Waals surface area contributed by atoms with Gasteiger partial charge in [-0.05, 0) is 31.0 Å². The minimum atomic E-state index is -0.391. The van der Waals surface area contributed by atoms with Crippen LogP contribution in [0.4, 0.5) is 5.69 Å². The van der Waals surface area contributed by atoms with Crippen LogP contribution in [0.1, 0.15) is 24.8 Å². The maximum atomic E-state index is 9.73. The summed E-state index contributed by atoms with van der Waals surface area (Å²) in [6, 6.07) is 17.6. The van der Waals surface area contributed by atoms with Gasteiger partial charge in [-0.3, -0.25) is 4.99 Å². The van der Waals surface area contributed by atoms with Gasteiger partial charge in [0.2, 0.25) is 0 Å². The molecule has 0 aliphatic heterocycles. The summed E-state index contributed by atoms with van der Waals surface area (Å²) >= 11 is 0. The Kier molecular flexibility index (Phi) is 6.63. The number of ether oxygens (including phenoxy) is 1. The average Bonchev–Trinajstić information content (AvgIpc) is 2.59. The lowest BCUT2D eigenvalue weighted by Gasteiger charge is -2.17. The lowest BCUT2D eigenvalue weighted by atomic mass is 9.93. The molecule has 0 saturated carbocycles. The molecule has 0 saturated heterocycles. The van der Waals surface area contributed by atoms with Crippen LogP contribution in [0.25, 0.3) is 0 Å².